The first-order valence-electron chi connectivity index (χ1n) is 6.84. The maximum atomic E-state index is 11.8. The lowest BCUT2D eigenvalue weighted by Crippen LogP contribution is -2.14. The minimum absolute atomic E-state index is 0.0722. The minimum atomic E-state index is -0.0722. The van der Waals surface area contributed by atoms with Gasteiger partial charge in [-0.1, -0.05) is 6.42 Å². The monoisotopic (exact) mass is 291 g/mol. The van der Waals surface area contributed by atoms with Gasteiger partial charge in [0.05, 0.1) is 5.01 Å². The largest absolute Gasteiger partial charge is 0.293 e. The van der Waals surface area contributed by atoms with Crippen LogP contribution in [0.25, 0.3) is 0 Å². The Morgan fingerprint density at radius 2 is 2.35 bits per heavy atom. The molecule has 106 valence electrons. The van der Waals surface area contributed by atoms with Crippen LogP contribution >= 0.6 is 11.3 Å². The number of nitrogens with zero attached hydrogens (tertiary/aromatic N) is 3. The van der Waals surface area contributed by atoms with Gasteiger partial charge in [0.2, 0.25) is 11.9 Å². The van der Waals surface area contributed by atoms with Gasteiger partial charge in [-0.3, -0.25) is 15.2 Å². The van der Waals surface area contributed by atoms with Crippen molar-refractivity contribution in [3.63, 3.8) is 0 Å². The van der Waals surface area contributed by atoms with Crippen molar-refractivity contribution in [2.75, 3.05) is 5.32 Å². The van der Waals surface area contributed by atoms with Crippen molar-refractivity contribution < 1.29 is 4.79 Å². The zero-order valence-electron chi connectivity index (χ0n) is 11.3. The predicted molar refractivity (Wildman–Crippen MR) is 76.8 cm³/mol. The Kier molecular flexibility index (Phi) is 3.77. The number of carbonyl (C=O) groups excluding carboxylic acids is 1. The Labute approximate surface area is 121 Å². The van der Waals surface area contributed by atoms with Crippen molar-refractivity contribution in [3.8, 4) is 0 Å². The maximum absolute atomic E-state index is 11.8. The van der Waals surface area contributed by atoms with E-state index in [1.165, 1.54) is 6.42 Å². The third-order valence-electron chi connectivity index (χ3n) is 3.48. The van der Waals surface area contributed by atoms with Gasteiger partial charge < -0.3 is 0 Å². The lowest BCUT2D eigenvalue weighted by Gasteiger charge is -2.22. The topological polar surface area (TPSA) is 83.6 Å². The van der Waals surface area contributed by atoms with Gasteiger partial charge in [-0.25, -0.2) is 4.98 Å². The molecule has 1 aliphatic rings. The fraction of sp³-hybridized carbons (Fsp3) is 0.538. The van der Waals surface area contributed by atoms with Crippen LogP contribution < -0.4 is 5.32 Å². The molecule has 2 aromatic rings. The van der Waals surface area contributed by atoms with Gasteiger partial charge in [-0.15, -0.1) is 16.4 Å². The molecule has 1 fully saturated rings. The second-order valence-corrected chi connectivity index (χ2v) is 6.05. The highest BCUT2D eigenvalue weighted by molar-refractivity contribution is 7.09. The first-order chi connectivity index (χ1) is 9.70. The molecule has 6 nitrogen and oxygen atoms in total. The fourth-order valence-electron chi connectivity index (χ4n) is 2.12. The number of rotatable bonds is 5. The van der Waals surface area contributed by atoms with E-state index in [-0.39, 0.29) is 5.91 Å². The van der Waals surface area contributed by atoms with E-state index in [0.29, 0.717) is 24.7 Å². The first-order valence-corrected chi connectivity index (χ1v) is 7.72. The van der Waals surface area contributed by atoms with E-state index >= 15 is 0 Å². The summed E-state index contributed by atoms with van der Waals surface area (Å²) in [6, 6.07) is 0. The van der Waals surface area contributed by atoms with E-state index in [1.807, 2.05) is 12.3 Å². The summed E-state index contributed by atoms with van der Waals surface area (Å²) < 4.78 is 0. The quantitative estimate of drug-likeness (QED) is 0.886. The summed E-state index contributed by atoms with van der Waals surface area (Å²) in [5.74, 6) is 1.69. The van der Waals surface area contributed by atoms with Crippen molar-refractivity contribution in [2.45, 2.75) is 44.9 Å². The molecule has 0 saturated heterocycles. The van der Waals surface area contributed by atoms with Gasteiger partial charge in [-0.05, 0) is 19.8 Å². The van der Waals surface area contributed by atoms with Gasteiger partial charge in [0, 0.05) is 29.8 Å². The smallest absolute Gasteiger partial charge is 0.248 e. The molecule has 3 rings (SSSR count). The third-order valence-corrected chi connectivity index (χ3v) is 4.50. The molecule has 0 aromatic carbocycles. The zero-order valence-corrected chi connectivity index (χ0v) is 12.2. The van der Waals surface area contributed by atoms with Gasteiger partial charge in [0.15, 0.2) is 0 Å². The van der Waals surface area contributed by atoms with E-state index in [9.17, 15) is 4.79 Å². The molecule has 1 amide bonds. The number of anilines is 1. The van der Waals surface area contributed by atoms with Crippen molar-refractivity contribution >= 4 is 23.2 Å². The summed E-state index contributed by atoms with van der Waals surface area (Å²) in [5, 5.41) is 12.7. The van der Waals surface area contributed by atoms with Crippen LogP contribution in [0, 0.1) is 6.92 Å². The van der Waals surface area contributed by atoms with Crippen LogP contribution in [0.4, 0.5) is 5.95 Å². The number of hydrogen-bond acceptors (Lipinski definition) is 5. The normalized spacial score (nSPS) is 15.1. The molecule has 0 atom stereocenters. The van der Waals surface area contributed by atoms with Crippen LogP contribution in [-0.2, 0) is 11.2 Å². The number of hydrogen-bond donors (Lipinski definition) is 2. The number of aromatic nitrogens is 4. The number of nitrogens with one attached hydrogen (secondary N) is 2. The summed E-state index contributed by atoms with van der Waals surface area (Å²) >= 11 is 1.59. The van der Waals surface area contributed by atoms with E-state index in [2.05, 4.69) is 25.5 Å². The maximum Gasteiger partial charge on any atom is 0.248 e. The summed E-state index contributed by atoms with van der Waals surface area (Å²) in [6.45, 7) is 1.95. The fourth-order valence-corrected chi connectivity index (χ4v) is 2.90. The summed E-state index contributed by atoms with van der Waals surface area (Å²) in [5.41, 5.74) is 1.00. The molecule has 0 aliphatic heterocycles. The first kappa shape index (κ1) is 13.2. The zero-order chi connectivity index (χ0) is 13.9. The number of thiazole rings is 1. The lowest BCUT2D eigenvalue weighted by atomic mass is 9.85. The van der Waals surface area contributed by atoms with Crippen LogP contribution in [0.5, 0.6) is 0 Å². The molecule has 0 radical (unpaired) electrons. The average molecular weight is 291 g/mol. The third kappa shape index (κ3) is 3.04. The van der Waals surface area contributed by atoms with Crippen LogP contribution in [0.2, 0.25) is 0 Å². The van der Waals surface area contributed by atoms with Crippen LogP contribution in [0.1, 0.15) is 48.1 Å². The number of aromatic amines is 1. The molecular weight excluding hydrogens is 274 g/mol. The highest BCUT2D eigenvalue weighted by atomic mass is 32.1. The molecule has 7 heteroatoms. The van der Waals surface area contributed by atoms with Crippen molar-refractivity contribution in [1.29, 1.82) is 0 Å². The standard InChI is InChI=1S/C13H17N5OS/c1-8-7-20-11(14-8)6-5-10(19)15-13-16-12(17-18-13)9-3-2-4-9/h7,9H,2-6H2,1H3,(H2,15,16,17,18,19). The van der Waals surface area contributed by atoms with Crippen LogP contribution in [0.3, 0.4) is 0 Å². The minimum Gasteiger partial charge on any atom is -0.293 e. The van der Waals surface area contributed by atoms with Crippen LogP contribution in [0.15, 0.2) is 5.38 Å². The molecule has 1 aliphatic carbocycles. The van der Waals surface area contributed by atoms with Gasteiger partial charge in [-0.2, -0.15) is 4.98 Å². The number of H-pyrrole nitrogens is 1. The number of amides is 1. The SMILES string of the molecule is Cc1csc(CCC(=O)Nc2n[nH]c(C3CCC3)n2)n1. The van der Waals surface area contributed by atoms with E-state index in [4.69, 9.17) is 0 Å². The molecule has 0 spiro atoms. The van der Waals surface area contributed by atoms with Gasteiger partial charge in [0.1, 0.15) is 5.82 Å². The van der Waals surface area contributed by atoms with Crippen molar-refractivity contribution in [3.05, 3.63) is 21.9 Å². The molecule has 2 aromatic heterocycles. The highest BCUT2D eigenvalue weighted by Crippen LogP contribution is 2.34. The van der Waals surface area contributed by atoms with Crippen LogP contribution in [-0.4, -0.2) is 26.1 Å². The molecule has 2 heterocycles. The number of carbonyl (C=O) groups is 1. The summed E-state index contributed by atoms with van der Waals surface area (Å²) in [7, 11) is 0. The number of aryl methyl sites for hydroxylation is 2. The van der Waals surface area contributed by atoms with E-state index in [1.54, 1.807) is 11.3 Å². The molecule has 20 heavy (non-hydrogen) atoms. The molecular formula is C13H17N5OS. The van der Waals surface area contributed by atoms with Gasteiger partial charge >= 0.3 is 0 Å². The highest BCUT2D eigenvalue weighted by Gasteiger charge is 2.23. The summed E-state index contributed by atoms with van der Waals surface area (Å²) in [4.78, 5) is 20.5. The second kappa shape index (κ2) is 5.70. The van der Waals surface area contributed by atoms with Gasteiger partial charge in [0.25, 0.3) is 0 Å². The molecule has 2 N–H and O–H groups in total. The predicted octanol–water partition coefficient (Wildman–Crippen LogP) is 2.41. The molecule has 1 saturated carbocycles. The Hall–Kier alpha value is -1.76. The Bertz CT molecular complexity index is 601. The van der Waals surface area contributed by atoms with E-state index in [0.717, 1.165) is 29.4 Å². The summed E-state index contributed by atoms with van der Waals surface area (Å²) in [6.07, 6.45) is 4.63. The van der Waals surface area contributed by atoms with Crippen molar-refractivity contribution in [1.82, 2.24) is 20.2 Å². The molecule has 0 bridgehead atoms. The Morgan fingerprint density at radius 3 is 3.00 bits per heavy atom. The molecule has 0 unspecified atom stereocenters. The second-order valence-electron chi connectivity index (χ2n) is 5.10. The van der Waals surface area contributed by atoms with Crippen molar-refractivity contribution in [2.24, 2.45) is 0 Å². The lowest BCUT2D eigenvalue weighted by molar-refractivity contribution is -0.116. The Morgan fingerprint density at radius 1 is 1.50 bits per heavy atom. The Balaban J connectivity index is 1.49. The average Bonchev–Trinajstić information content (AvgIpc) is 2.94. The van der Waals surface area contributed by atoms with E-state index < -0.39 is 0 Å².